The van der Waals surface area contributed by atoms with Crippen molar-refractivity contribution in [3.63, 3.8) is 0 Å². The number of aromatic nitrogens is 2. The van der Waals surface area contributed by atoms with Crippen molar-refractivity contribution in [3.05, 3.63) is 34.2 Å². The van der Waals surface area contributed by atoms with Gasteiger partial charge in [0.15, 0.2) is 0 Å². The minimum Gasteiger partial charge on any atom is -0.292 e. The largest absolute Gasteiger partial charge is 0.329 e. The first-order valence-corrected chi connectivity index (χ1v) is 6.13. The van der Waals surface area contributed by atoms with E-state index in [4.69, 9.17) is 11.6 Å². The van der Waals surface area contributed by atoms with Gasteiger partial charge in [-0.25, -0.2) is 4.79 Å². The fraction of sp³-hybridized carbons (Fsp3) is 0.417. The average molecular weight is 237 g/mol. The normalized spacial score (nSPS) is 14.6. The Labute approximate surface area is 98.2 Å². The van der Waals surface area contributed by atoms with Gasteiger partial charge in [0, 0.05) is 19.0 Å². The highest BCUT2D eigenvalue weighted by Crippen LogP contribution is 2.23. The maximum absolute atomic E-state index is 12.2. The van der Waals surface area contributed by atoms with Crippen LogP contribution in [0.3, 0.4) is 0 Å². The van der Waals surface area contributed by atoms with Crippen LogP contribution >= 0.6 is 11.6 Å². The van der Waals surface area contributed by atoms with E-state index < -0.39 is 0 Å². The molecule has 1 aromatic carbocycles. The maximum atomic E-state index is 12.2. The molecular formula is C12H13ClN2O. The summed E-state index contributed by atoms with van der Waals surface area (Å²) in [5.74, 6) is 0.475. The molecule has 1 aliphatic heterocycles. The molecule has 0 radical (unpaired) electrons. The van der Waals surface area contributed by atoms with Crippen LogP contribution < -0.4 is 5.69 Å². The van der Waals surface area contributed by atoms with Crippen molar-refractivity contribution in [2.75, 3.05) is 5.88 Å². The van der Waals surface area contributed by atoms with Crippen molar-refractivity contribution in [2.45, 2.75) is 25.9 Å². The lowest BCUT2D eigenvalue weighted by atomic mass is 10.0. The lowest BCUT2D eigenvalue weighted by Crippen LogP contribution is -2.26. The third kappa shape index (κ3) is 1.24. The van der Waals surface area contributed by atoms with Gasteiger partial charge in [-0.2, -0.15) is 0 Å². The summed E-state index contributed by atoms with van der Waals surface area (Å²) in [5.41, 5.74) is 3.52. The first kappa shape index (κ1) is 9.97. The smallest absolute Gasteiger partial charge is 0.292 e. The van der Waals surface area contributed by atoms with E-state index >= 15 is 0 Å². The summed E-state index contributed by atoms with van der Waals surface area (Å²) < 4.78 is 3.68. The summed E-state index contributed by atoms with van der Waals surface area (Å²) in [6.07, 6.45) is 2.12. The van der Waals surface area contributed by atoms with Crippen molar-refractivity contribution in [3.8, 4) is 0 Å². The molecule has 0 N–H and O–H groups in total. The Hall–Kier alpha value is -1.22. The minimum atomic E-state index is 0.0859. The molecule has 3 nitrogen and oxygen atoms in total. The summed E-state index contributed by atoms with van der Waals surface area (Å²) in [4.78, 5) is 12.2. The highest BCUT2D eigenvalue weighted by atomic mass is 35.5. The van der Waals surface area contributed by atoms with Crippen molar-refractivity contribution >= 4 is 22.6 Å². The van der Waals surface area contributed by atoms with Gasteiger partial charge in [0.2, 0.25) is 0 Å². The molecule has 2 aromatic rings. The van der Waals surface area contributed by atoms with Crippen LogP contribution in [-0.2, 0) is 19.5 Å². The van der Waals surface area contributed by atoms with Crippen molar-refractivity contribution in [2.24, 2.45) is 0 Å². The number of halogens is 1. The molecule has 4 heteroatoms. The molecule has 0 saturated heterocycles. The SMILES string of the molecule is O=c1n(CCCl)c2cccc3c2n1CCC3. The molecule has 3 rings (SSSR count). The van der Waals surface area contributed by atoms with Crippen LogP contribution in [0.2, 0.25) is 0 Å². The van der Waals surface area contributed by atoms with E-state index in [0.717, 1.165) is 30.4 Å². The molecule has 0 bridgehead atoms. The van der Waals surface area contributed by atoms with Crippen LogP contribution in [0.5, 0.6) is 0 Å². The molecule has 16 heavy (non-hydrogen) atoms. The van der Waals surface area contributed by atoms with Crippen molar-refractivity contribution in [1.82, 2.24) is 9.13 Å². The quantitative estimate of drug-likeness (QED) is 0.733. The maximum Gasteiger partial charge on any atom is 0.329 e. The molecular weight excluding hydrogens is 224 g/mol. The van der Waals surface area contributed by atoms with E-state index in [9.17, 15) is 4.79 Å². The second-order valence-electron chi connectivity index (χ2n) is 4.16. The number of benzene rings is 1. The van der Waals surface area contributed by atoms with Gasteiger partial charge >= 0.3 is 5.69 Å². The monoisotopic (exact) mass is 236 g/mol. The zero-order valence-electron chi connectivity index (χ0n) is 8.95. The van der Waals surface area contributed by atoms with Gasteiger partial charge in [0.1, 0.15) is 0 Å². The summed E-state index contributed by atoms with van der Waals surface area (Å²) >= 11 is 5.75. The predicted molar refractivity (Wildman–Crippen MR) is 65.2 cm³/mol. The van der Waals surface area contributed by atoms with E-state index in [0.29, 0.717) is 12.4 Å². The standard InChI is InChI=1S/C12H13ClN2O/c13-6-8-14-10-5-1-3-9-4-2-7-15(11(9)10)12(14)16/h1,3,5H,2,4,6-8H2. The number of hydrogen-bond donors (Lipinski definition) is 0. The van der Waals surface area contributed by atoms with Crippen LogP contribution in [0.25, 0.3) is 11.0 Å². The van der Waals surface area contributed by atoms with Gasteiger partial charge < -0.3 is 0 Å². The minimum absolute atomic E-state index is 0.0859. The zero-order chi connectivity index (χ0) is 11.1. The Balaban J connectivity index is 2.41. The lowest BCUT2D eigenvalue weighted by Gasteiger charge is -2.12. The number of alkyl halides is 1. The van der Waals surface area contributed by atoms with Gasteiger partial charge in [-0.1, -0.05) is 12.1 Å². The van der Waals surface area contributed by atoms with Gasteiger partial charge in [-0.05, 0) is 24.5 Å². The summed E-state index contributed by atoms with van der Waals surface area (Å²) in [6, 6.07) is 6.15. The fourth-order valence-electron chi connectivity index (χ4n) is 2.59. The van der Waals surface area contributed by atoms with Crippen molar-refractivity contribution < 1.29 is 0 Å². The van der Waals surface area contributed by atoms with Gasteiger partial charge in [0.25, 0.3) is 0 Å². The van der Waals surface area contributed by atoms with E-state index in [2.05, 4.69) is 6.07 Å². The Morgan fingerprint density at radius 3 is 3.06 bits per heavy atom. The lowest BCUT2D eigenvalue weighted by molar-refractivity contribution is 0.592. The molecule has 0 unspecified atom stereocenters. The van der Waals surface area contributed by atoms with Gasteiger partial charge in [-0.3, -0.25) is 9.13 Å². The molecule has 0 spiro atoms. The number of rotatable bonds is 2. The average Bonchev–Trinajstić information content (AvgIpc) is 2.58. The van der Waals surface area contributed by atoms with Crippen LogP contribution in [-0.4, -0.2) is 15.0 Å². The van der Waals surface area contributed by atoms with E-state index in [-0.39, 0.29) is 5.69 Å². The first-order chi connectivity index (χ1) is 7.83. The highest BCUT2D eigenvalue weighted by molar-refractivity contribution is 6.17. The second kappa shape index (κ2) is 3.67. The van der Waals surface area contributed by atoms with E-state index in [1.807, 2.05) is 16.7 Å². The topological polar surface area (TPSA) is 26.9 Å². The number of nitrogens with zero attached hydrogens (tertiary/aromatic N) is 2. The molecule has 0 aliphatic carbocycles. The van der Waals surface area contributed by atoms with E-state index in [1.165, 1.54) is 5.56 Å². The highest BCUT2D eigenvalue weighted by Gasteiger charge is 2.18. The Morgan fingerprint density at radius 2 is 2.25 bits per heavy atom. The van der Waals surface area contributed by atoms with E-state index in [1.54, 1.807) is 4.57 Å². The first-order valence-electron chi connectivity index (χ1n) is 5.60. The number of aryl methyl sites for hydroxylation is 3. The van der Waals surface area contributed by atoms with Crippen LogP contribution in [0.15, 0.2) is 23.0 Å². The zero-order valence-corrected chi connectivity index (χ0v) is 9.70. The number of hydrogen-bond acceptors (Lipinski definition) is 1. The molecule has 1 aliphatic rings. The second-order valence-corrected chi connectivity index (χ2v) is 4.54. The molecule has 84 valence electrons. The molecule has 0 fully saturated rings. The van der Waals surface area contributed by atoms with Gasteiger partial charge in [0.05, 0.1) is 11.0 Å². The summed E-state index contributed by atoms with van der Waals surface area (Å²) in [7, 11) is 0. The summed E-state index contributed by atoms with van der Waals surface area (Å²) in [5, 5.41) is 0. The van der Waals surface area contributed by atoms with Crippen LogP contribution in [0.4, 0.5) is 0 Å². The molecule has 1 aromatic heterocycles. The predicted octanol–water partition coefficient (Wildman–Crippen LogP) is 1.99. The number of imidazole rings is 1. The third-order valence-corrected chi connectivity index (χ3v) is 3.43. The Kier molecular flexibility index (Phi) is 2.28. The molecule has 0 amide bonds. The molecule has 0 atom stereocenters. The fourth-order valence-corrected chi connectivity index (χ4v) is 2.76. The molecule has 0 saturated carbocycles. The van der Waals surface area contributed by atoms with Crippen molar-refractivity contribution in [1.29, 1.82) is 0 Å². The van der Waals surface area contributed by atoms with Crippen LogP contribution in [0, 0.1) is 0 Å². The van der Waals surface area contributed by atoms with Crippen LogP contribution in [0.1, 0.15) is 12.0 Å². The summed E-state index contributed by atoms with van der Waals surface area (Å²) in [6.45, 7) is 1.43. The van der Waals surface area contributed by atoms with Gasteiger partial charge in [-0.15, -0.1) is 11.6 Å². The molecule has 2 heterocycles. The number of para-hydroxylation sites is 1. The Bertz CT molecular complexity index is 597. The Morgan fingerprint density at radius 1 is 1.38 bits per heavy atom. The third-order valence-electron chi connectivity index (χ3n) is 3.26.